The van der Waals surface area contributed by atoms with Gasteiger partial charge in [-0.3, -0.25) is 0 Å². The van der Waals surface area contributed by atoms with Gasteiger partial charge in [0.2, 0.25) is 0 Å². The summed E-state index contributed by atoms with van der Waals surface area (Å²) in [6, 6.07) is 16.3. The van der Waals surface area contributed by atoms with Gasteiger partial charge < -0.3 is 24.2 Å². The highest BCUT2D eigenvalue weighted by atomic mass is 16.7. The number of anilines is 2. The summed E-state index contributed by atoms with van der Waals surface area (Å²) >= 11 is 0. The normalized spacial score (nSPS) is 26.3. The quantitative estimate of drug-likeness (QED) is 0.712. The molecule has 0 amide bonds. The van der Waals surface area contributed by atoms with E-state index in [1.54, 1.807) is 5.56 Å². The number of fused-ring (bicyclic) bond motifs is 3. The van der Waals surface area contributed by atoms with Crippen LogP contribution in [-0.4, -0.2) is 63.9 Å². The maximum atomic E-state index is 5.95. The van der Waals surface area contributed by atoms with Crippen molar-refractivity contribution < 1.29 is 9.47 Å². The molecule has 4 heterocycles. The Morgan fingerprint density at radius 1 is 1.00 bits per heavy atom. The van der Waals surface area contributed by atoms with E-state index < -0.39 is 5.79 Å². The van der Waals surface area contributed by atoms with E-state index in [1.807, 2.05) is 0 Å². The number of piperidine rings is 1. The predicted molar refractivity (Wildman–Crippen MR) is 129 cm³/mol. The molecule has 0 N–H and O–H groups in total. The lowest BCUT2D eigenvalue weighted by molar-refractivity contribution is -0.150. The fraction of sp³-hybridized carbons (Fsp3) is 0.556. The van der Waals surface area contributed by atoms with Gasteiger partial charge in [-0.1, -0.05) is 36.4 Å². The van der Waals surface area contributed by atoms with Crippen LogP contribution in [0.4, 0.5) is 11.4 Å². The molecule has 2 unspecified atom stereocenters. The van der Waals surface area contributed by atoms with Gasteiger partial charge in [0.1, 0.15) is 0 Å². The summed E-state index contributed by atoms with van der Waals surface area (Å²) in [4.78, 5) is 7.86. The Labute approximate surface area is 191 Å². The second-order valence-electron chi connectivity index (χ2n) is 10.00. The van der Waals surface area contributed by atoms with Gasteiger partial charge >= 0.3 is 0 Å². The number of hydrogen-bond acceptors (Lipinski definition) is 5. The van der Waals surface area contributed by atoms with Crippen molar-refractivity contribution >= 4 is 11.4 Å². The molecule has 6 rings (SSSR count). The van der Waals surface area contributed by atoms with Crippen molar-refractivity contribution in [2.24, 2.45) is 0 Å². The summed E-state index contributed by atoms with van der Waals surface area (Å²) in [5, 5.41) is 0. The van der Waals surface area contributed by atoms with Crippen molar-refractivity contribution in [3.05, 3.63) is 59.2 Å². The zero-order valence-corrected chi connectivity index (χ0v) is 19.4. The molecule has 32 heavy (non-hydrogen) atoms. The summed E-state index contributed by atoms with van der Waals surface area (Å²) in [5.41, 5.74) is 7.10. The van der Waals surface area contributed by atoms with Crippen LogP contribution in [0.3, 0.4) is 0 Å². The van der Waals surface area contributed by atoms with E-state index in [9.17, 15) is 0 Å². The topological polar surface area (TPSA) is 28.2 Å². The highest BCUT2D eigenvalue weighted by Gasteiger charge is 2.44. The van der Waals surface area contributed by atoms with Gasteiger partial charge in [-0.15, -0.1) is 0 Å². The van der Waals surface area contributed by atoms with Gasteiger partial charge in [-0.05, 0) is 49.9 Å². The SMILES string of the molecule is CN1CCN2c3c(cccc31)C1CN(CCCc3ccccc3C3(C)OCCO3)CCC12. The highest BCUT2D eigenvalue weighted by Crippen LogP contribution is 2.50. The molecule has 0 saturated carbocycles. The Hall–Kier alpha value is -2.08. The minimum absolute atomic E-state index is 0.580. The van der Waals surface area contributed by atoms with Crippen LogP contribution in [0.5, 0.6) is 0 Å². The third-order valence-corrected chi connectivity index (χ3v) is 8.15. The third-order valence-electron chi connectivity index (χ3n) is 8.15. The van der Waals surface area contributed by atoms with Crippen LogP contribution >= 0.6 is 0 Å². The van der Waals surface area contributed by atoms with Crippen LogP contribution in [0.1, 0.15) is 42.4 Å². The molecule has 2 aromatic rings. The number of ether oxygens (including phenoxy) is 2. The van der Waals surface area contributed by atoms with Gasteiger partial charge in [-0.2, -0.15) is 0 Å². The average molecular weight is 434 g/mol. The maximum Gasteiger partial charge on any atom is 0.192 e. The molecular weight excluding hydrogens is 398 g/mol. The minimum atomic E-state index is -0.580. The van der Waals surface area contributed by atoms with E-state index in [1.165, 1.54) is 55.0 Å². The van der Waals surface area contributed by atoms with E-state index in [2.05, 4.69) is 71.1 Å². The molecule has 4 aliphatic heterocycles. The van der Waals surface area contributed by atoms with Crippen molar-refractivity contribution in [2.75, 3.05) is 62.8 Å². The van der Waals surface area contributed by atoms with E-state index in [0.29, 0.717) is 25.2 Å². The van der Waals surface area contributed by atoms with Crippen LogP contribution in [-0.2, 0) is 21.7 Å². The van der Waals surface area contributed by atoms with Crippen LogP contribution in [0.15, 0.2) is 42.5 Å². The monoisotopic (exact) mass is 433 g/mol. The number of aryl methyl sites for hydroxylation is 1. The van der Waals surface area contributed by atoms with E-state index in [0.717, 1.165) is 19.5 Å². The summed E-state index contributed by atoms with van der Waals surface area (Å²) in [7, 11) is 2.24. The Bertz CT molecular complexity index is 987. The maximum absolute atomic E-state index is 5.95. The molecule has 5 nitrogen and oxygen atoms in total. The number of likely N-dealkylation sites (tertiary alicyclic amines) is 1. The smallest absolute Gasteiger partial charge is 0.192 e. The number of nitrogens with zero attached hydrogens (tertiary/aromatic N) is 3. The second kappa shape index (κ2) is 8.05. The Kier molecular flexibility index (Phi) is 5.16. The van der Waals surface area contributed by atoms with Crippen LogP contribution in [0.2, 0.25) is 0 Å². The first-order chi connectivity index (χ1) is 15.6. The molecule has 0 bridgehead atoms. The Balaban J connectivity index is 1.13. The molecule has 0 spiro atoms. The lowest BCUT2D eigenvalue weighted by Gasteiger charge is -2.41. The minimum Gasteiger partial charge on any atom is -0.371 e. The van der Waals surface area contributed by atoms with Crippen molar-refractivity contribution in [1.29, 1.82) is 0 Å². The van der Waals surface area contributed by atoms with Gasteiger partial charge in [0.15, 0.2) is 5.79 Å². The standard InChI is InChI=1S/C27H35N3O2/c1-27(31-17-18-32-27)23-10-4-3-7-20(23)8-6-13-29-14-12-24-22(19-29)21-9-5-11-25-26(21)30(24)16-15-28(25)2/h3-5,7,9-11,22,24H,6,8,12-19H2,1-2H3. The van der Waals surface area contributed by atoms with Gasteiger partial charge in [-0.25, -0.2) is 0 Å². The first-order valence-electron chi connectivity index (χ1n) is 12.3. The van der Waals surface area contributed by atoms with E-state index in [-0.39, 0.29) is 0 Å². The Morgan fingerprint density at radius 3 is 2.72 bits per heavy atom. The molecular formula is C27H35N3O2. The van der Waals surface area contributed by atoms with Crippen molar-refractivity contribution in [1.82, 2.24) is 4.90 Å². The van der Waals surface area contributed by atoms with Crippen LogP contribution in [0, 0.1) is 0 Å². The van der Waals surface area contributed by atoms with Crippen LogP contribution < -0.4 is 9.80 Å². The fourth-order valence-corrected chi connectivity index (χ4v) is 6.52. The lowest BCUT2D eigenvalue weighted by atomic mass is 9.88. The Morgan fingerprint density at radius 2 is 1.84 bits per heavy atom. The molecule has 2 saturated heterocycles. The first kappa shape index (κ1) is 20.5. The van der Waals surface area contributed by atoms with Gasteiger partial charge in [0.05, 0.1) is 24.6 Å². The van der Waals surface area contributed by atoms with Crippen molar-refractivity contribution in [2.45, 2.75) is 43.9 Å². The molecule has 2 atom stereocenters. The van der Waals surface area contributed by atoms with Gasteiger partial charge in [0, 0.05) is 50.7 Å². The number of likely N-dealkylation sites (N-methyl/N-ethyl adjacent to an activating group) is 1. The molecule has 0 radical (unpaired) electrons. The molecule has 2 aromatic carbocycles. The lowest BCUT2D eigenvalue weighted by Crippen LogP contribution is -2.49. The van der Waals surface area contributed by atoms with Crippen molar-refractivity contribution in [3.63, 3.8) is 0 Å². The molecule has 2 fully saturated rings. The third kappa shape index (κ3) is 3.33. The highest BCUT2D eigenvalue weighted by molar-refractivity contribution is 5.80. The molecule has 5 heteroatoms. The number of hydrogen-bond donors (Lipinski definition) is 0. The number of para-hydroxylation sites is 1. The summed E-state index contributed by atoms with van der Waals surface area (Å²) in [5.74, 6) is 0.0694. The summed E-state index contributed by atoms with van der Waals surface area (Å²) in [6.07, 6.45) is 3.52. The van der Waals surface area contributed by atoms with E-state index >= 15 is 0 Å². The van der Waals surface area contributed by atoms with Gasteiger partial charge in [0.25, 0.3) is 0 Å². The molecule has 170 valence electrons. The van der Waals surface area contributed by atoms with E-state index in [4.69, 9.17) is 9.47 Å². The largest absolute Gasteiger partial charge is 0.371 e. The molecule has 0 aliphatic carbocycles. The fourth-order valence-electron chi connectivity index (χ4n) is 6.52. The second-order valence-corrected chi connectivity index (χ2v) is 10.00. The summed E-state index contributed by atoms with van der Waals surface area (Å²) < 4.78 is 11.9. The number of benzene rings is 2. The van der Waals surface area contributed by atoms with Crippen molar-refractivity contribution in [3.8, 4) is 0 Å². The van der Waals surface area contributed by atoms with Crippen LogP contribution in [0.25, 0.3) is 0 Å². The predicted octanol–water partition coefficient (Wildman–Crippen LogP) is 3.97. The zero-order chi connectivity index (χ0) is 21.7. The first-order valence-corrected chi connectivity index (χ1v) is 12.3. The summed E-state index contributed by atoms with van der Waals surface area (Å²) in [6.45, 7) is 9.27. The zero-order valence-electron chi connectivity index (χ0n) is 19.4. The average Bonchev–Trinajstić information content (AvgIpc) is 3.40. The number of rotatable bonds is 5. The molecule has 4 aliphatic rings. The molecule has 0 aromatic heterocycles.